The highest BCUT2D eigenvalue weighted by Gasteiger charge is 2.26. The Balaban J connectivity index is 1.27. The predicted molar refractivity (Wildman–Crippen MR) is 137 cm³/mol. The Morgan fingerprint density at radius 3 is 2.18 bits per heavy atom. The van der Waals surface area contributed by atoms with Gasteiger partial charge in [-0.05, 0) is 29.3 Å². The van der Waals surface area contributed by atoms with Crippen LogP contribution >= 0.6 is 11.6 Å². The van der Waals surface area contributed by atoms with Gasteiger partial charge in [0.15, 0.2) is 0 Å². The number of hydrogen-bond donors (Lipinski definition) is 1. The topological polar surface area (TPSA) is 48.7 Å². The smallest absolute Gasteiger partial charge is 0.337 e. The van der Waals surface area contributed by atoms with E-state index in [0.717, 1.165) is 55.2 Å². The number of carboxylic acid groups (broad SMARTS) is 1. The van der Waals surface area contributed by atoms with E-state index < -0.39 is 5.97 Å². The number of benzene rings is 3. The summed E-state index contributed by atoms with van der Waals surface area (Å²) in [6.07, 6.45) is 1.77. The molecule has 5 rings (SSSR count). The number of hydrogen-bond acceptors (Lipinski definition) is 3. The van der Waals surface area contributed by atoms with Crippen molar-refractivity contribution in [2.45, 2.75) is 12.6 Å². The molecule has 1 aliphatic rings. The molecule has 0 spiro atoms. The van der Waals surface area contributed by atoms with Gasteiger partial charge in [0.25, 0.3) is 0 Å². The molecule has 3 aromatic carbocycles. The van der Waals surface area contributed by atoms with E-state index in [-0.39, 0.29) is 6.04 Å². The Bertz CT molecular complexity index is 1260. The van der Waals surface area contributed by atoms with Gasteiger partial charge < -0.3 is 9.67 Å². The number of fused-ring (bicyclic) bond motifs is 1. The molecule has 1 saturated heterocycles. The number of carbonyl (C=O) groups is 1. The molecule has 0 radical (unpaired) electrons. The van der Waals surface area contributed by atoms with Crippen LogP contribution in [0.5, 0.6) is 0 Å². The van der Waals surface area contributed by atoms with Gasteiger partial charge >= 0.3 is 5.97 Å². The summed E-state index contributed by atoms with van der Waals surface area (Å²) >= 11 is 6.15. The number of aromatic carboxylic acids is 1. The first kappa shape index (κ1) is 22.7. The van der Waals surface area contributed by atoms with Gasteiger partial charge in [-0.1, -0.05) is 72.3 Å². The quantitative estimate of drug-likeness (QED) is 0.390. The van der Waals surface area contributed by atoms with E-state index in [1.54, 1.807) is 6.20 Å². The minimum absolute atomic E-state index is 0.201. The second kappa shape index (κ2) is 10.0. The van der Waals surface area contributed by atoms with Crippen LogP contribution < -0.4 is 0 Å². The zero-order valence-electron chi connectivity index (χ0n) is 19.0. The lowest BCUT2D eigenvalue weighted by atomic mass is 9.96. The largest absolute Gasteiger partial charge is 0.478 e. The first-order valence-electron chi connectivity index (χ1n) is 11.7. The fourth-order valence-corrected chi connectivity index (χ4v) is 5.12. The van der Waals surface area contributed by atoms with Crippen molar-refractivity contribution in [2.75, 3.05) is 32.7 Å². The van der Waals surface area contributed by atoms with E-state index in [1.165, 1.54) is 11.1 Å². The van der Waals surface area contributed by atoms with Gasteiger partial charge in [-0.15, -0.1) is 0 Å². The summed E-state index contributed by atoms with van der Waals surface area (Å²) < 4.78 is 2.08. The fourth-order valence-electron chi connectivity index (χ4n) is 4.99. The van der Waals surface area contributed by atoms with Gasteiger partial charge in [0, 0.05) is 61.4 Å². The molecule has 5 nitrogen and oxygen atoms in total. The molecule has 0 saturated carbocycles. The number of nitrogens with zero attached hydrogens (tertiary/aromatic N) is 3. The molecule has 1 aliphatic heterocycles. The van der Waals surface area contributed by atoms with Crippen LogP contribution in [0.3, 0.4) is 0 Å². The SMILES string of the molecule is O=C(O)c1cn(CCN2CCN(C(c3ccccc3)c3ccc(Cl)cc3)CC2)c2ccccc12. The highest BCUT2D eigenvalue weighted by Crippen LogP contribution is 2.30. The minimum atomic E-state index is -0.877. The molecule has 1 N–H and O–H groups in total. The molecule has 1 aromatic heterocycles. The minimum Gasteiger partial charge on any atom is -0.478 e. The number of aromatic nitrogens is 1. The lowest BCUT2D eigenvalue weighted by molar-refractivity contribution is 0.0698. The third kappa shape index (κ3) is 4.73. The maximum atomic E-state index is 11.7. The summed E-state index contributed by atoms with van der Waals surface area (Å²) in [5, 5.41) is 11.1. The molecule has 0 aliphatic carbocycles. The molecular formula is C28H28ClN3O2. The monoisotopic (exact) mass is 473 g/mol. The van der Waals surface area contributed by atoms with Gasteiger partial charge in [0.1, 0.15) is 0 Å². The number of rotatable bonds is 7. The van der Waals surface area contributed by atoms with E-state index in [4.69, 9.17) is 11.6 Å². The summed E-state index contributed by atoms with van der Waals surface area (Å²) in [5.74, 6) is -0.877. The Morgan fingerprint density at radius 2 is 1.47 bits per heavy atom. The third-order valence-electron chi connectivity index (χ3n) is 6.75. The summed E-state index contributed by atoms with van der Waals surface area (Å²) in [7, 11) is 0. The lowest BCUT2D eigenvalue weighted by Gasteiger charge is -2.40. The van der Waals surface area contributed by atoms with E-state index >= 15 is 0 Å². The lowest BCUT2D eigenvalue weighted by Crippen LogP contribution is -2.48. The molecule has 1 unspecified atom stereocenters. The van der Waals surface area contributed by atoms with Crippen LogP contribution in [0.25, 0.3) is 10.9 Å². The average molecular weight is 474 g/mol. The van der Waals surface area contributed by atoms with Crippen molar-refractivity contribution in [3.8, 4) is 0 Å². The van der Waals surface area contributed by atoms with Crippen molar-refractivity contribution in [2.24, 2.45) is 0 Å². The van der Waals surface area contributed by atoms with Crippen molar-refractivity contribution in [1.82, 2.24) is 14.4 Å². The van der Waals surface area contributed by atoms with Gasteiger partial charge in [0.05, 0.1) is 11.6 Å². The first-order chi connectivity index (χ1) is 16.6. The number of para-hydroxylation sites is 1. The van der Waals surface area contributed by atoms with Crippen LogP contribution in [0.2, 0.25) is 5.02 Å². The van der Waals surface area contributed by atoms with Crippen LogP contribution in [0, 0.1) is 0 Å². The second-order valence-electron chi connectivity index (χ2n) is 8.80. The molecule has 6 heteroatoms. The van der Waals surface area contributed by atoms with E-state index in [0.29, 0.717) is 5.56 Å². The normalized spacial score (nSPS) is 16.0. The number of carboxylic acids is 1. The maximum absolute atomic E-state index is 11.7. The molecule has 1 atom stereocenters. The summed E-state index contributed by atoms with van der Waals surface area (Å²) in [4.78, 5) is 16.7. The highest BCUT2D eigenvalue weighted by atomic mass is 35.5. The Labute approximate surface area is 204 Å². The first-order valence-corrected chi connectivity index (χ1v) is 12.1. The zero-order valence-corrected chi connectivity index (χ0v) is 19.7. The van der Waals surface area contributed by atoms with Gasteiger partial charge in [-0.2, -0.15) is 0 Å². The predicted octanol–water partition coefficient (Wildman–Crippen LogP) is 5.40. The van der Waals surface area contributed by atoms with E-state index in [9.17, 15) is 9.90 Å². The van der Waals surface area contributed by atoms with Crippen LogP contribution in [0.15, 0.2) is 85.1 Å². The molecular weight excluding hydrogens is 446 g/mol. The molecule has 4 aromatic rings. The second-order valence-corrected chi connectivity index (χ2v) is 9.24. The Kier molecular flexibility index (Phi) is 6.68. The van der Waals surface area contributed by atoms with Crippen LogP contribution in [-0.2, 0) is 6.54 Å². The Hall–Kier alpha value is -3.12. The third-order valence-corrected chi connectivity index (χ3v) is 7.00. The van der Waals surface area contributed by atoms with Crippen LogP contribution in [-0.4, -0.2) is 58.2 Å². The van der Waals surface area contributed by atoms with Crippen LogP contribution in [0.1, 0.15) is 27.5 Å². The average Bonchev–Trinajstić information content (AvgIpc) is 3.25. The van der Waals surface area contributed by atoms with E-state index in [1.807, 2.05) is 36.4 Å². The molecule has 174 valence electrons. The van der Waals surface area contributed by atoms with Gasteiger partial charge in [-0.25, -0.2) is 4.79 Å². The summed E-state index contributed by atoms with van der Waals surface area (Å²) in [6, 6.07) is 26.8. The van der Waals surface area contributed by atoms with Crippen LogP contribution in [0.4, 0.5) is 0 Å². The van der Waals surface area contributed by atoms with Crippen molar-refractivity contribution >= 4 is 28.5 Å². The zero-order chi connectivity index (χ0) is 23.5. The van der Waals surface area contributed by atoms with Gasteiger partial charge in [0.2, 0.25) is 0 Å². The molecule has 0 bridgehead atoms. The molecule has 0 amide bonds. The standard InChI is InChI=1S/C28H28ClN3O2/c29-23-12-10-22(11-13-23)27(21-6-2-1-3-7-21)31-17-14-30(15-18-31)16-19-32-20-25(28(33)34)24-8-4-5-9-26(24)32/h1-13,20,27H,14-19H2,(H,33,34). The Morgan fingerprint density at radius 1 is 0.824 bits per heavy atom. The number of halogens is 1. The van der Waals surface area contributed by atoms with Crippen molar-refractivity contribution in [3.05, 3.63) is 107 Å². The summed E-state index contributed by atoms with van der Waals surface area (Å²) in [6.45, 7) is 5.55. The maximum Gasteiger partial charge on any atom is 0.337 e. The molecule has 1 fully saturated rings. The van der Waals surface area contributed by atoms with Gasteiger partial charge in [-0.3, -0.25) is 9.80 Å². The fraction of sp³-hybridized carbons (Fsp3) is 0.250. The summed E-state index contributed by atoms with van der Waals surface area (Å²) in [5.41, 5.74) is 3.89. The molecule has 2 heterocycles. The van der Waals surface area contributed by atoms with E-state index in [2.05, 4.69) is 56.8 Å². The van der Waals surface area contributed by atoms with Crippen molar-refractivity contribution < 1.29 is 9.90 Å². The number of piperazine rings is 1. The van der Waals surface area contributed by atoms with Crippen molar-refractivity contribution in [3.63, 3.8) is 0 Å². The van der Waals surface area contributed by atoms with Crippen molar-refractivity contribution in [1.29, 1.82) is 0 Å². The highest BCUT2D eigenvalue weighted by molar-refractivity contribution is 6.30. The molecule has 34 heavy (non-hydrogen) atoms.